The number of carboxylic acid groups (broad SMARTS) is 1. The van der Waals surface area contributed by atoms with E-state index in [1.807, 2.05) is 24.3 Å². The van der Waals surface area contributed by atoms with Gasteiger partial charge in [0, 0.05) is 31.4 Å². The van der Waals surface area contributed by atoms with Crippen molar-refractivity contribution in [1.82, 2.24) is 14.9 Å². The molecule has 0 spiro atoms. The topological polar surface area (TPSA) is 92.6 Å². The molecule has 186 valence electrons. The van der Waals surface area contributed by atoms with Crippen LogP contribution < -0.4 is 4.74 Å². The Labute approximate surface area is 209 Å². The summed E-state index contributed by atoms with van der Waals surface area (Å²) in [6, 6.07) is 11.0. The van der Waals surface area contributed by atoms with Gasteiger partial charge in [0.25, 0.3) is 5.91 Å². The number of halogens is 1. The summed E-state index contributed by atoms with van der Waals surface area (Å²) in [6.45, 7) is 1.30. The van der Waals surface area contributed by atoms with Gasteiger partial charge in [0.2, 0.25) is 0 Å². The molecule has 2 aromatic carbocycles. The highest BCUT2D eigenvalue weighted by atomic mass is 19.1. The number of aliphatic carboxylic acids is 1. The molecule has 1 amide bonds. The molecule has 8 heteroatoms. The molecule has 0 aliphatic carbocycles. The molecule has 1 unspecified atom stereocenters. The molecule has 0 fully saturated rings. The lowest BCUT2D eigenvalue weighted by Gasteiger charge is -2.30. The Morgan fingerprint density at radius 2 is 1.86 bits per heavy atom. The summed E-state index contributed by atoms with van der Waals surface area (Å²) in [4.78, 5) is 35.2. The third kappa shape index (κ3) is 5.22. The van der Waals surface area contributed by atoms with Gasteiger partial charge in [-0.2, -0.15) is 0 Å². The first-order chi connectivity index (χ1) is 17.5. The van der Waals surface area contributed by atoms with E-state index < -0.39 is 17.7 Å². The summed E-state index contributed by atoms with van der Waals surface area (Å²) in [5.74, 6) is -2.21. The minimum absolute atomic E-state index is 0.0819. The maximum atomic E-state index is 14.9. The monoisotopic (exact) mass is 489 g/mol. The van der Waals surface area contributed by atoms with Gasteiger partial charge in [-0.15, -0.1) is 0 Å². The minimum Gasteiger partial charge on any atom is -0.481 e. The van der Waals surface area contributed by atoms with Crippen molar-refractivity contribution in [3.8, 4) is 6.01 Å². The van der Waals surface area contributed by atoms with Crippen LogP contribution in [-0.2, 0) is 24.2 Å². The van der Waals surface area contributed by atoms with E-state index in [-0.39, 0.29) is 23.9 Å². The second-order valence-electron chi connectivity index (χ2n) is 9.43. The third-order valence-corrected chi connectivity index (χ3v) is 6.97. The number of ether oxygens (including phenoxy) is 1. The fourth-order valence-electron chi connectivity index (χ4n) is 4.98. The molecule has 5 aliphatic rings. The van der Waals surface area contributed by atoms with Gasteiger partial charge in [0.1, 0.15) is 5.82 Å². The summed E-state index contributed by atoms with van der Waals surface area (Å²) in [7, 11) is 0. The van der Waals surface area contributed by atoms with Crippen molar-refractivity contribution >= 4 is 11.9 Å². The summed E-state index contributed by atoms with van der Waals surface area (Å²) in [5, 5.41) is 9.58. The second kappa shape index (κ2) is 10.4. The largest absolute Gasteiger partial charge is 0.481 e. The van der Waals surface area contributed by atoms with Crippen molar-refractivity contribution in [2.24, 2.45) is 0 Å². The molecule has 1 atom stereocenters. The highest BCUT2D eigenvalue weighted by Gasteiger charge is 2.26. The fourth-order valence-corrected chi connectivity index (χ4v) is 4.98. The number of nitrogens with zero attached hydrogens (tertiary/aromatic N) is 3. The normalized spacial score (nSPS) is 18.1. The molecule has 0 saturated carbocycles. The number of amides is 1. The first-order valence-corrected chi connectivity index (χ1v) is 12.3. The average Bonchev–Trinajstić information content (AvgIpc) is 2.88. The highest BCUT2D eigenvalue weighted by molar-refractivity contribution is 5.94. The van der Waals surface area contributed by atoms with Crippen LogP contribution in [0.5, 0.6) is 6.01 Å². The first-order valence-electron chi connectivity index (χ1n) is 12.3. The average molecular weight is 490 g/mol. The standard InChI is InChI=1S/C28H28FN3O4/c29-25-12-18-4-2-1-3-11-36-28-30-15-22(16-31-28)24(14-26(33)34)20-7-6-19-9-10-32(17-21(19)13-20)27(35)23(25)8-5-18/h5-8,12-13,15-16,24H,1-4,9-11,14,17H2,(H,33,34). The lowest BCUT2D eigenvalue weighted by molar-refractivity contribution is -0.137. The van der Waals surface area contributed by atoms with Crippen molar-refractivity contribution in [3.63, 3.8) is 0 Å². The number of aromatic nitrogens is 2. The lowest BCUT2D eigenvalue weighted by atomic mass is 9.87. The summed E-state index contributed by atoms with van der Waals surface area (Å²) in [5.41, 5.74) is 4.48. The number of benzene rings is 2. The fraction of sp³-hybridized carbons (Fsp3) is 0.357. The van der Waals surface area contributed by atoms with Crippen LogP contribution in [0.25, 0.3) is 0 Å². The molecule has 7 nitrogen and oxygen atoms in total. The van der Waals surface area contributed by atoms with Crippen LogP contribution in [0, 0.1) is 5.82 Å². The summed E-state index contributed by atoms with van der Waals surface area (Å²) < 4.78 is 20.6. The van der Waals surface area contributed by atoms with Gasteiger partial charge in [0.15, 0.2) is 0 Å². The molecular formula is C28H28FN3O4. The quantitative estimate of drug-likeness (QED) is 0.569. The van der Waals surface area contributed by atoms with Gasteiger partial charge >= 0.3 is 12.0 Å². The molecule has 0 radical (unpaired) electrons. The van der Waals surface area contributed by atoms with Crippen LogP contribution in [0.2, 0.25) is 0 Å². The van der Waals surface area contributed by atoms with Crippen molar-refractivity contribution in [3.05, 3.63) is 88.0 Å². The molecule has 36 heavy (non-hydrogen) atoms. The number of carbonyl (C=O) groups excluding carboxylic acids is 1. The molecule has 0 saturated heterocycles. The summed E-state index contributed by atoms with van der Waals surface area (Å²) >= 11 is 0. The first kappa shape index (κ1) is 23.9. The van der Waals surface area contributed by atoms with Crippen LogP contribution in [0.15, 0.2) is 48.8 Å². The zero-order valence-corrected chi connectivity index (χ0v) is 20.0. The molecule has 5 aliphatic heterocycles. The number of hydrogen-bond acceptors (Lipinski definition) is 5. The Morgan fingerprint density at radius 3 is 2.64 bits per heavy atom. The molecule has 7 bridgehead atoms. The molecule has 8 rings (SSSR count). The number of carbonyl (C=O) groups is 2. The van der Waals surface area contributed by atoms with E-state index >= 15 is 0 Å². The third-order valence-electron chi connectivity index (χ3n) is 6.97. The molecule has 3 aromatic rings. The Morgan fingerprint density at radius 1 is 1.03 bits per heavy atom. The Hall–Kier alpha value is -3.81. The predicted molar refractivity (Wildman–Crippen MR) is 130 cm³/mol. The molecule has 6 heterocycles. The smallest absolute Gasteiger partial charge is 0.316 e. The Bertz CT molecular complexity index is 1280. The van der Waals surface area contributed by atoms with Gasteiger partial charge in [-0.25, -0.2) is 14.4 Å². The van der Waals surface area contributed by atoms with Crippen molar-refractivity contribution in [2.45, 2.75) is 51.0 Å². The zero-order valence-electron chi connectivity index (χ0n) is 20.0. The number of carboxylic acids is 1. The van der Waals surface area contributed by atoms with Crippen molar-refractivity contribution in [1.29, 1.82) is 0 Å². The van der Waals surface area contributed by atoms with Crippen LogP contribution in [0.1, 0.15) is 69.8 Å². The minimum atomic E-state index is -0.931. The van der Waals surface area contributed by atoms with Gasteiger partial charge in [-0.1, -0.05) is 24.3 Å². The van der Waals surface area contributed by atoms with E-state index in [4.69, 9.17) is 4.74 Å². The van der Waals surface area contributed by atoms with Crippen molar-refractivity contribution in [2.75, 3.05) is 13.2 Å². The van der Waals surface area contributed by atoms with E-state index in [1.165, 1.54) is 6.07 Å². The summed E-state index contributed by atoms with van der Waals surface area (Å²) in [6.07, 6.45) is 7.07. The predicted octanol–water partition coefficient (Wildman–Crippen LogP) is 4.53. The van der Waals surface area contributed by atoms with Gasteiger partial charge in [-0.3, -0.25) is 9.59 Å². The van der Waals surface area contributed by atoms with Gasteiger partial charge < -0.3 is 14.7 Å². The number of hydrogen-bond donors (Lipinski definition) is 1. The zero-order chi connectivity index (χ0) is 25.1. The van der Waals surface area contributed by atoms with Gasteiger partial charge in [-0.05, 0) is 72.1 Å². The van der Waals surface area contributed by atoms with E-state index in [0.29, 0.717) is 31.7 Å². The molecule has 1 aromatic heterocycles. The highest BCUT2D eigenvalue weighted by Crippen LogP contribution is 2.31. The SMILES string of the molecule is O=C(O)CC1c2cnc(nc2)OCCCCCc2ccc(c(F)c2)C(=O)N2CCc3ccc1cc3C2. The van der Waals surface area contributed by atoms with Crippen LogP contribution >= 0.6 is 0 Å². The van der Waals surface area contributed by atoms with Gasteiger partial charge in [0.05, 0.1) is 18.6 Å². The second-order valence-corrected chi connectivity index (χ2v) is 9.43. The maximum Gasteiger partial charge on any atom is 0.316 e. The lowest BCUT2D eigenvalue weighted by Crippen LogP contribution is -2.36. The number of aryl methyl sites for hydroxylation is 1. The number of rotatable bonds is 2. The van der Waals surface area contributed by atoms with E-state index in [1.54, 1.807) is 23.4 Å². The van der Waals surface area contributed by atoms with Crippen LogP contribution in [0.4, 0.5) is 4.39 Å². The van der Waals surface area contributed by atoms with E-state index in [2.05, 4.69) is 9.97 Å². The van der Waals surface area contributed by atoms with E-state index in [0.717, 1.165) is 47.9 Å². The Balaban J connectivity index is 1.51. The molecular weight excluding hydrogens is 461 g/mol. The van der Waals surface area contributed by atoms with E-state index in [9.17, 15) is 19.1 Å². The van der Waals surface area contributed by atoms with Crippen LogP contribution in [-0.4, -0.2) is 45.0 Å². The van der Waals surface area contributed by atoms with Crippen LogP contribution in [0.3, 0.4) is 0 Å². The Kier molecular flexibility index (Phi) is 6.93. The van der Waals surface area contributed by atoms with Crippen molar-refractivity contribution < 1.29 is 23.8 Å². The maximum absolute atomic E-state index is 14.9. The molecule has 1 N–H and O–H groups in total.